The highest BCUT2D eigenvalue weighted by Gasteiger charge is 2.23. The molecule has 1 heterocycles. The molecule has 0 spiro atoms. The van der Waals surface area contributed by atoms with Gasteiger partial charge in [-0.25, -0.2) is 0 Å². The van der Waals surface area contributed by atoms with E-state index < -0.39 is 5.97 Å². The first kappa shape index (κ1) is 14.7. The van der Waals surface area contributed by atoms with Crippen molar-refractivity contribution in [3.63, 3.8) is 0 Å². The number of aromatic nitrogens is 2. The average molecular weight is 252 g/mol. The lowest BCUT2D eigenvalue weighted by atomic mass is 9.84. The van der Waals surface area contributed by atoms with Crippen LogP contribution in [-0.2, 0) is 11.2 Å². The van der Waals surface area contributed by atoms with Gasteiger partial charge < -0.3 is 5.11 Å². The van der Waals surface area contributed by atoms with Crippen LogP contribution in [0.3, 0.4) is 0 Å². The molecule has 0 fully saturated rings. The summed E-state index contributed by atoms with van der Waals surface area (Å²) in [6.07, 6.45) is 5.01. The molecular weight excluding hydrogens is 228 g/mol. The third-order valence-electron chi connectivity index (χ3n) is 3.27. The van der Waals surface area contributed by atoms with E-state index in [1.54, 1.807) is 0 Å². The summed E-state index contributed by atoms with van der Waals surface area (Å²) < 4.78 is 2.01. The van der Waals surface area contributed by atoms with E-state index in [4.69, 9.17) is 5.11 Å². The normalized spacial score (nSPS) is 12.1. The molecule has 1 rings (SSSR count). The molecule has 0 bridgehead atoms. The lowest BCUT2D eigenvalue weighted by Gasteiger charge is -2.21. The molecule has 1 aromatic heterocycles. The summed E-state index contributed by atoms with van der Waals surface area (Å²) in [7, 11) is 0. The number of carboxylic acid groups (broad SMARTS) is 1. The van der Waals surface area contributed by atoms with E-state index in [1.165, 1.54) is 0 Å². The van der Waals surface area contributed by atoms with Crippen molar-refractivity contribution in [1.82, 2.24) is 9.78 Å². The predicted molar refractivity (Wildman–Crippen MR) is 71.6 cm³/mol. The van der Waals surface area contributed by atoms with Crippen molar-refractivity contribution < 1.29 is 9.90 Å². The molecule has 0 aromatic carbocycles. The highest BCUT2D eigenvalue weighted by Crippen LogP contribution is 2.25. The standard InChI is InChI=1S/C14H24N2O2/c1-5-12(6-2)16-8-7-11(15-16)9-14(3,4)10-13(17)18/h7-8,12H,5-6,9-10H2,1-4H3,(H,17,18). The fraction of sp³-hybridized carbons (Fsp3) is 0.714. The van der Waals surface area contributed by atoms with E-state index in [-0.39, 0.29) is 11.8 Å². The van der Waals surface area contributed by atoms with Crippen LogP contribution < -0.4 is 0 Å². The van der Waals surface area contributed by atoms with Gasteiger partial charge in [0, 0.05) is 6.20 Å². The summed E-state index contributed by atoms with van der Waals surface area (Å²) in [5.41, 5.74) is 0.729. The lowest BCUT2D eigenvalue weighted by Crippen LogP contribution is -2.20. The molecular formula is C14H24N2O2. The summed E-state index contributed by atoms with van der Waals surface area (Å²) in [4.78, 5) is 10.8. The number of carbonyl (C=O) groups is 1. The fourth-order valence-electron chi connectivity index (χ4n) is 2.30. The smallest absolute Gasteiger partial charge is 0.303 e. The molecule has 1 aromatic rings. The van der Waals surface area contributed by atoms with Gasteiger partial charge in [-0.05, 0) is 30.7 Å². The first-order valence-corrected chi connectivity index (χ1v) is 6.63. The first-order valence-electron chi connectivity index (χ1n) is 6.63. The van der Waals surface area contributed by atoms with Gasteiger partial charge >= 0.3 is 5.97 Å². The zero-order valence-corrected chi connectivity index (χ0v) is 11.8. The summed E-state index contributed by atoms with van der Waals surface area (Å²) in [6.45, 7) is 8.25. The Labute approximate surface area is 109 Å². The van der Waals surface area contributed by atoms with E-state index >= 15 is 0 Å². The molecule has 0 saturated heterocycles. The van der Waals surface area contributed by atoms with Crippen molar-refractivity contribution in [1.29, 1.82) is 0 Å². The molecule has 0 aliphatic carbocycles. The molecule has 0 atom stereocenters. The van der Waals surface area contributed by atoms with Crippen LogP contribution in [-0.4, -0.2) is 20.9 Å². The average Bonchev–Trinajstić information content (AvgIpc) is 2.65. The van der Waals surface area contributed by atoms with Crippen molar-refractivity contribution >= 4 is 5.97 Å². The number of nitrogens with zero attached hydrogens (tertiary/aromatic N) is 2. The molecule has 1 N–H and O–H groups in total. The first-order chi connectivity index (χ1) is 8.38. The van der Waals surface area contributed by atoms with Gasteiger partial charge in [0.2, 0.25) is 0 Å². The molecule has 102 valence electrons. The van der Waals surface area contributed by atoms with Crippen LogP contribution in [0.25, 0.3) is 0 Å². The number of hydrogen-bond donors (Lipinski definition) is 1. The van der Waals surface area contributed by atoms with Gasteiger partial charge in [-0.2, -0.15) is 5.10 Å². The summed E-state index contributed by atoms with van der Waals surface area (Å²) >= 11 is 0. The zero-order valence-electron chi connectivity index (χ0n) is 11.8. The number of carboxylic acids is 1. The SMILES string of the molecule is CCC(CC)n1ccc(CC(C)(C)CC(=O)O)n1. The molecule has 0 unspecified atom stereocenters. The van der Waals surface area contributed by atoms with Crippen molar-refractivity contribution in [2.24, 2.45) is 5.41 Å². The predicted octanol–water partition coefficient (Wildman–Crippen LogP) is 3.29. The maximum absolute atomic E-state index is 10.8. The second-order valence-electron chi connectivity index (χ2n) is 5.67. The Morgan fingerprint density at radius 1 is 1.44 bits per heavy atom. The third-order valence-corrected chi connectivity index (χ3v) is 3.27. The maximum Gasteiger partial charge on any atom is 0.303 e. The van der Waals surface area contributed by atoms with E-state index in [1.807, 2.05) is 30.8 Å². The molecule has 0 amide bonds. The second-order valence-corrected chi connectivity index (χ2v) is 5.67. The quantitative estimate of drug-likeness (QED) is 0.810. The van der Waals surface area contributed by atoms with Gasteiger partial charge in [0.05, 0.1) is 18.2 Å². The minimum atomic E-state index is -0.751. The number of hydrogen-bond acceptors (Lipinski definition) is 2. The molecule has 18 heavy (non-hydrogen) atoms. The van der Waals surface area contributed by atoms with E-state index in [0.717, 1.165) is 18.5 Å². The molecule has 0 aliphatic heterocycles. The van der Waals surface area contributed by atoms with Crippen LogP contribution in [0.2, 0.25) is 0 Å². The highest BCUT2D eigenvalue weighted by atomic mass is 16.4. The van der Waals surface area contributed by atoms with Gasteiger partial charge in [0.1, 0.15) is 0 Å². The van der Waals surface area contributed by atoms with Crippen LogP contribution in [0, 0.1) is 5.41 Å². The Morgan fingerprint density at radius 3 is 2.56 bits per heavy atom. The van der Waals surface area contributed by atoms with Crippen LogP contribution in [0.15, 0.2) is 12.3 Å². The molecule has 4 nitrogen and oxygen atoms in total. The van der Waals surface area contributed by atoms with Crippen molar-refractivity contribution in [2.75, 3.05) is 0 Å². The Hall–Kier alpha value is -1.32. The zero-order chi connectivity index (χ0) is 13.8. The highest BCUT2D eigenvalue weighted by molar-refractivity contribution is 5.67. The van der Waals surface area contributed by atoms with E-state index in [0.29, 0.717) is 12.5 Å². The van der Waals surface area contributed by atoms with Crippen LogP contribution in [0.1, 0.15) is 58.7 Å². The molecule has 0 aliphatic rings. The Bertz CT molecular complexity index is 392. The van der Waals surface area contributed by atoms with Gasteiger partial charge in [-0.1, -0.05) is 27.7 Å². The largest absolute Gasteiger partial charge is 0.481 e. The summed E-state index contributed by atoms with van der Waals surface area (Å²) in [5, 5.41) is 13.4. The second kappa shape index (κ2) is 6.03. The Morgan fingerprint density at radius 2 is 2.06 bits per heavy atom. The van der Waals surface area contributed by atoms with Gasteiger partial charge in [-0.3, -0.25) is 9.48 Å². The topological polar surface area (TPSA) is 55.1 Å². The van der Waals surface area contributed by atoms with Crippen molar-refractivity contribution in [2.45, 2.75) is 59.4 Å². The molecule has 0 radical (unpaired) electrons. The molecule has 0 saturated carbocycles. The number of aliphatic carboxylic acids is 1. The minimum Gasteiger partial charge on any atom is -0.481 e. The van der Waals surface area contributed by atoms with Gasteiger partial charge in [0.15, 0.2) is 0 Å². The van der Waals surface area contributed by atoms with Crippen molar-refractivity contribution in [3.8, 4) is 0 Å². The summed E-state index contributed by atoms with van der Waals surface area (Å²) in [6, 6.07) is 2.45. The monoisotopic (exact) mass is 252 g/mol. The Kier molecular flexibility index (Phi) is 4.93. The van der Waals surface area contributed by atoms with E-state index in [9.17, 15) is 4.79 Å². The fourth-order valence-corrected chi connectivity index (χ4v) is 2.30. The van der Waals surface area contributed by atoms with Crippen LogP contribution >= 0.6 is 0 Å². The van der Waals surface area contributed by atoms with Crippen LogP contribution in [0.5, 0.6) is 0 Å². The van der Waals surface area contributed by atoms with Gasteiger partial charge in [0.25, 0.3) is 0 Å². The number of rotatable bonds is 7. The summed E-state index contributed by atoms with van der Waals surface area (Å²) in [5.74, 6) is -0.751. The lowest BCUT2D eigenvalue weighted by molar-refractivity contribution is -0.139. The maximum atomic E-state index is 10.8. The van der Waals surface area contributed by atoms with Crippen molar-refractivity contribution in [3.05, 3.63) is 18.0 Å². The van der Waals surface area contributed by atoms with E-state index in [2.05, 4.69) is 18.9 Å². The van der Waals surface area contributed by atoms with Crippen LogP contribution in [0.4, 0.5) is 0 Å². The third kappa shape index (κ3) is 4.17. The van der Waals surface area contributed by atoms with Gasteiger partial charge in [-0.15, -0.1) is 0 Å². The Balaban J connectivity index is 2.71. The minimum absolute atomic E-state index is 0.171. The molecule has 4 heteroatoms.